The summed E-state index contributed by atoms with van der Waals surface area (Å²) >= 11 is 0. The number of ether oxygens (including phenoxy) is 9. The van der Waals surface area contributed by atoms with Crippen molar-refractivity contribution >= 4 is 0 Å². The van der Waals surface area contributed by atoms with Crippen LogP contribution in [0.15, 0.2) is 152 Å². The molecule has 0 amide bonds. The fraction of sp³-hybridized carbons (Fsp3) is 0.375. The van der Waals surface area contributed by atoms with Crippen LogP contribution in [0.4, 0.5) is 0 Å². The van der Waals surface area contributed by atoms with Crippen molar-refractivity contribution < 1.29 is 52.8 Å². The maximum absolute atomic E-state index is 11.8. The normalized spacial score (nSPS) is 27.0. The second-order valence-corrected chi connectivity index (χ2v) is 14.7. The third-order valence-electron chi connectivity index (χ3n) is 10.4. The quantitative estimate of drug-likeness (QED) is 0.0912. The lowest BCUT2D eigenvalue weighted by Crippen LogP contribution is -2.65. The molecule has 11 nitrogen and oxygen atoms in total. The first kappa shape index (κ1) is 42.8. The van der Waals surface area contributed by atoms with Crippen LogP contribution in [0, 0.1) is 0 Å². The molecule has 2 saturated heterocycles. The Morgan fingerprint density at radius 3 is 1.22 bits per heavy atom. The molecular weight excluding hydrogens is 753 g/mol. The number of hydrogen-bond acceptors (Lipinski definition) is 11. The summed E-state index contributed by atoms with van der Waals surface area (Å²) in [6, 6.07) is 48.8. The van der Waals surface area contributed by atoms with Crippen molar-refractivity contribution in [3.8, 4) is 0 Å². The molecule has 2 fully saturated rings. The van der Waals surface area contributed by atoms with Crippen LogP contribution < -0.4 is 0 Å². The Kier molecular flexibility index (Phi) is 16.2. The molecule has 0 radical (unpaired) electrons. The molecule has 0 spiro atoms. The molecule has 10 atom stereocenters. The van der Waals surface area contributed by atoms with E-state index in [4.69, 9.17) is 42.6 Å². The summed E-state index contributed by atoms with van der Waals surface area (Å²) in [7, 11) is 1.57. The van der Waals surface area contributed by atoms with E-state index in [2.05, 4.69) is 0 Å². The van der Waals surface area contributed by atoms with E-state index in [1.165, 1.54) is 0 Å². The summed E-state index contributed by atoms with van der Waals surface area (Å²) in [6.07, 6.45) is -10.2. The molecule has 7 rings (SSSR count). The molecular formula is C48H54O11. The van der Waals surface area contributed by atoms with Gasteiger partial charge in [-0.25, -0.2) is 0 Å². The van der Waals surface area contributed by atoms with Gasteiger partial charge in [0, 0.05) is 7.11 Å². The van der Waals surface area contributed by atoms with E-state index in [-0.39, 0.29) is 39.6 Å². The highest BCUT2D eigenvalue weighted by Gasteiger charge is 2.53. The van der Waals surface area contributed by atoms with Crippen molar-refractivity contribution in [2.24, 2.45) is 0 Å². The minimum Gasteiger partial charge on any atom is -0.387 e. The van der Waals surface area contributed by atoms with Gasteiger partial charge in [-0.05, 0) is 27.8 Å². The first-order valence-corrected chi connectivity index (χ1v) is 20.1. The topological polar surface area (TPSA) is 124 Å². The predicted octanol–water partition coefficient (Wildman–Crippen LogP) is 6.38. The SMILES string of the molecule is CO[C@H]1O[C@H](COCc2ccccc2)[C@@H](O[C@@H]2O[C@H](COCc3ccccc3)[C@H](O)[C@H](O)[C@H]2OCc2ccccc2)[C@H](OCc2ccccc2)[C@H]1OCc1ccccc1. The first-order valence-electron chi connectivity index (χ1n) is 20.1. The monoisotopic (exact) mass is 806 g/mol. The fourth-order valence-electron chi connectivity index (χ4n) is 7.25. The van der Waals surface area contributed by atoms with Crippen LogP contribution in [0.2, 0.25) is 0 Å². The number of methoxy groups -OCH3 is 1. The Labute approximate surface area is 346 Å². The highest BCUT2D eigenvalue weighted by Crippen LogP contribution is 2.35. The zero-order chi connectivity index (χ0) is 40.7. The number of aliphatic hydroxyl groups excluding tert-OH is 2. The van der Waals surface area contributed by atoms with Gasteiger partial charge in [-0.3, -0.25) is 0 Å². The molecule has 2 aliphatic heterocycles. The zero-order valence-electron chi connectivity index (χ0n) is 33.2. The molecule has 11 heteroatoms. The Balaban J connectivity index is 1.19. The van der Waals surface area contributed by atoms with Gasteiger partial charge in [0.15, 0.2) is 12.6 Å². The summed E-state index contributed by atoms with van der Waals surface area (Å²) in [6.45, 7) is 1.27. The van der Waals surface area contributed by atoms with E-state index < -0.39 is 61.4 Å². The molecule has 5 aromatic rings. The van der Waals surface area contributed by atoms with E-state index in [1.807, 2.05) is 152 Å². The van der Waals surface area contributed by atoms with Gasteiger partial charge in [0.05, 0.1) is 46.2 Å². The Bertz CT molecular complexity index is 1890. The highest BCUT2D eigenvalue weighted by atomic mass is 16.8. The molecule has 5 aromatic carbocycles. The standard InChI is InChI=1S/C48H54O11/c1-51-47-46(56-31-38-25-15-6-16-26-38)45(55-30-37-23-13-5-14-24-37)43(40(58-47)33-53-28-35-19-9-3-10-20-35)59-48-44(54-29-36-21-11-4-12-22-36)42(50)41(49)39(57-48)32-52-27-34-17-7-2-8-18-34/h2-26,39-50H,27-33H2,1H3/t39-,40-,41+,42+,43-,44-,45+,46-,47+,48+/m1/s1. The van der Waals surface area contributed by atoms with Gasteiger partial charge in [0.1, 0.15) is 48.8 Å². The smallest absolute Gasteiger partial charge is 0.187 e. The second kappa shape index (κ2) is 22.3. The van der Waals surface area contributed by atoms with Crippen LogP contribution in [0.3, 0.4) is 0 Å². The molecule has 0 unspecified atom stereocenters. The molecule has 0 aromatic heterocycles. The van der Waals surface area contributed by atoms with Crippen molar-refractivity contribution in [3.05, 3.63) is 179 Å². The van der Waals surface area contributed by atoms with Crippen molar-refractivity contribution in [2.45, 2.75) is 94.4 Å². The van der Waals surface area contributed by atoms with Gasteiger partial charge in [-0.15, -0.1) is 0 Å². The van der Waals surface area contributed by atoms with Gasteiger partial charge in [-0.1, -0.05) is 152 Å². The maximum atomic E-state index is 11.8. The van der Waals surface area contributed by atoms with Gasteiger partial charge in [-0.2, -0.15) is 0 Å². The van der Waals surface area contributed by atoms with E-state index >= 15 is 0 Å². The molecule has 2 aliphatic rings. The molecule has 0 bridgehead atoms. The summed E-state index contributed by atoms with van der Waals surface area (Å²) in [5.41, 5.74) is 4.72. The molecule has 59 heavy (non-hydrogen) atoms. The summed E-state index contributed by atoms with van der Waals surface area (Å²) in [4.78, 5) is 0. The summed E-state index contributed by atoms with van der Waals surface area (Å²) < 4.78 is 58.3. The van der Waals surface area contributed by atoms with Crippen molar-refractivity contribution in [1.82, 2.24) is 0 Å². The first-order chi connectivity index (χ1) is 29.1. The average molecular weight is 807 g/mol. The Morgan fingerprint density at radius 1 is 0.407 bits per heavy atom. The van der Waals surface area contributed by atoms with Crippen LogP contribution in [0.5, 0.6) is 0 Å². The van der Waals surface area contributed by atoms with Crippen molar-refractivity contribution in [3.63, 3.8) is 0 Å². The lowest BCUT2D eigenvalue weighted by molar-refractivity contribution is -0.371. The molecule has 312 valence electrons. The fourth-order valence-corrected chi connectivity index (χ4v) is 7.25. The predicted molar refractivity (Wildman–Crippen MR) is 218 cm³/mol. The Hall–Kier alpha value is -4.34. The average Bonchev–Trinajstić information content (AvgIpc) is 3.29. The molecule has 2 N–H and O–H groups in total. The van der Waals surface area contributed by atoms with Crippen molar-refractivity contribution in [1.29, 1.82) is 0 Å². The van der Waals surface area contributed by atoms with Gasteiger partial charge in [0.2, 0.25) is 0 Å². The minimum absolute atomic E-state index is 0.0222. The zero-order valence-corrected chi connectivity index (χ0v) is 33.2. The van der Waals surface area contributed by atoms with Gasteiger partial charge < -0.3 is 52.8 Å². The summed E-state index contributed by atoms with van der Waals surface area (Å²) in [5.74, 6) is 0. The highest BCUT2D eigenvalue weighted by molar-refractivity contribution is 5.17. The van der Waals surface area contributed by atoms with E-state index in [0.29, 0.717) is 6.61 Å². The lowest BCUT2D eigenvalue weighted by Gasteiger charge is -2.49. The third kappa shape index (κ3) is 12.1. The van der Waals surface area contributed by atoms with Crippen LogP contribution >= 0.6 is 0 Å². The van der Waals surface area contributed by atoms with Crippen molar-refractivity contribution in [2.75, 3.05) is 20.3 Å². The van der Waals surface area contributed by atoms with E-state index in [9.17, 15) is 10.2 Å². The Morgan fingerprint density at radius 2 is 0.780 bits per heavy atom. The van der Waals surface area contributed by atoms with E-state index in [0.717, 1.165) is 27.8 Å². The van der Waals surface area contributed by atoms with Gasteiger partial charge in [0.25, 0.3) is 0 Å². The minimum atomic E-state index is -1.40. The molecule has 0 aliphatic carbocycles. The number of benzene rings is 5. The van der Waals surface area contributed by atoms with Gasteiger partial charge >= 0.3 is 0 Å². The second-order valence-electron chi connectivity index (χ2n) is 14.7. The van der Waals surface area contributed by atoms with Crippen LogP contribution in [0.1, 0.15) is 27.8 Å². The third-order valence-corrected chi connectivity index (χ3v) is 10.4. The number of rotatable bonds is 20. The number of hydrogen-bond donors (Lipinski definition) is 2. The summed E-state index contributed by atoms with van der Waals surface area (Å²) in [5, 5.41) is 23.2. The molecule has 2 heterocycles. The lowest BCUT2D eigenvalue weighted by atomic mass is 9.96. The van der Waals surface area contributed by atoms with E-state index in [1.54, 1.807) is 7.11 Å². The van der Waals surface area contributed by atoms with Crippen LogP contribution in [-0.2, 0) is 75.7 Å². The van der Waals surface area contributed by atoms with Crippen LogP contribution in [-0.4, -0.2) is 91.9 Å². The van der Waals surface area contributed by atoms with Crippen LogP contribution in [0.25, 0.3) is 0 Å². The number of aliphatic hydroxyl groups is 2. The largest absolute Gasteiger partial charge is 0.387 e. The molecule has 0 saturated carbocycles. The maximum Gasteiger partial charge on any atom is 0.187 e.